The van der Waals surface area contributed by atoms with E-state index in [2.05, 4.69) is 26.0 Å². The number of carbonyl (C=O) groups is 2. The van der Waals surface area contributed by atoms with Crippen LogP contribution < -0.4 is 15.8 Å². The summed E-state index contributed by atoms with van der Waals surface area (Å²) in [6.07, 6.45) is -0.864. The zero-order valence-corrected chi connectivity index (χ0v) is 11.3. The molecule has 0 bridgehead atoms. The third-order valence-electron chi connectivity index (χ3n) is 2.05. The molecular formula is C11H13BrN2O4. The lowest BCUT2D eigenvalue weighted by Gasteiger charge is -2.07. The molecule has 1 aromatic rings. The number of amides is 2. The predicted molar refractivity (Wildman–Crippen MR) is 68.6 cm³/mol. The first-order valence-corrected chi connectivity index (χ1v) is 5.88. The van der Waals surface area contributed by atoms with Crippen LogP contribution in [0.2, 0.25) is 0 Å². The van der Waals surface area contributed by atoms with Crippen LogP contribution in [0.25, 0.3) is 0 Å². The second kappa shape index (κ2) is 6.85. The van der Waals surface area contributed by atoms with E-state index in [4.69, 9.17) is 10.5 Å². The van der Waals surface area contributed by atoms with Crippen molar-refractivity contribution in [3.8, 4) is 5.75 Å². The van der Waals surface area contributed by atoms with Gasteiger partial charge in [-0.05, 0) is 34.1 Å². The maximum Gasteiger partial charge on any atom is 0.404 e. The monoisotopic (exact) mass is 316 g/mol. The van der Waals surface area contributed by atoms with E-state index in [1.165, 1.54) is 0 Å². The Morgan fingerprint density at radius 2 is 2.17 bits per heavy atom. The van der Waals surface area contributed by atoms with Crippen molar-refractivity contribution < 1.29 is 19.1 Å². The van der Waals surface area contributed by atoms with E-state index < -0.39 is 6.09 Å². The SMILES string of the molecule is COc1ccc(C(=O)NCCOC(N)=O)cc1Br. The summed E-state index contributed by atoms with van der Waals surface area (Å²) in [6.45, 7) is 0.240. The highest BCUT2D eigenvalue weighted by Gasteiger charge is 2.08. The van der Waals surface area contributed by atoms with Crippen LogP contribution in [0, 0.1) is 0 Å². The normalized spacial score (nSPS) is 9.67. The van der Waals surface area contributed by atoms with Gasteiger partial charge in [0.2, 0.25) is 0 Å². The minimum atomic E-state index is -0.864. The number of benzene rings is 1. The molecule has 0 aliphatic rings. The topological polar surface area (TPSA) is 90.7 Å². The Morgan fingerprint density at radius 1 is 1.44 bits per heavy atom. The molecule has 0 fully saturated rings. The van der Waals surface area contributed by atoms with Gasteiger partial charge in [0.15, 0.2) is 0 Å². The fraction of sp³-hybridized carbons (Fsp3) is 0.273. The summed E-state index contributed by atoms with van der Waals surface area (Å²) < 4.78 is 10.2. The first-order valence-electron chi connectivity index (χ1n) is 5.08. The Hall–Kier alpha value is -1.76. The molecule has 0 saturated heterocycles. The van der Waals surface area contributed by atoms with Gasteiger partial charge in [0.25, 0.3) is 5.91 Å². The van der Waals surface area contributed by atoms with E-state index in [9.17, 15) is 9.59 Å². The zero-order chi connectivity index (χ0) is 13.5. The first-order chi connectivity index (χ1) is 8.54. The second-order valence-electron chi connectivity index (χ2n) is 3.27. The largest absolute Gasteiger partial charge is 0.496 e. The Bertz CT molecular complexity index is 451. The highest BCUT2D eigenvalue weighted by atomic mass is 79.9. The first kappa shape index (κ1) is 14.3. The molecule has 0 saturated carbocycles. The molecule has 0 aliphatic heterocycles. The van der Waals surface area contributed by atoms with Gasteiger partial charge in [-0.1, -0.05) is 0 Å². The standard InChI is InChI=1S/C11H13BrN2O4/c1-17-9-3-2-7(6-8(9)12)10(15)14-4-5-18-11(13)16/h2-3,6H,4-5H2,1H3,(H2,13,16)(H,14,15). The van der Waals surface area contributed by atoms with Gasteiger partial charge in [0.1, 0.15) is 12.4 Å². The van der Waals surface area contributed by atoms with E-state index in [1.54, 1.807) is 25.3 Å². The van der Waals surface area contributed by atoms with Crippen LogP contribution in [-0.2, 0) is 4.74 Å². The Morgan fingerprint density at radius 3 is 2.72 bits per heavy atom. The van der Waals surface area contributed by atoms with Gasteiger partial charge in [0.05, 0.1) is 18.1 Å². The molecule has 1 aromatic carbocycles. The maximum atomic E-state index is 11.7. The lowest BCUT2D eigenvalue weighted by molar-refractivity contribution is 0.0936. The van der Waals surface area contributed by atoms with Crippen LogP contribution in [0.5, 0.6) is 5.75 Å². The Kier molecular flexibility index (Phi) is 5.44. The van der Waals surface area contributed by atoms with Crippen molar-refractivity contribution in [2.45, 2.75) is 0 Å². The summed E-state index contributed by atoms with van der Waals surface area (Å²) in [5.74, 6) is 0.370. The van der Waals surface area contributed by atoms with Crippen molar-refractivity contribution in [3.05, 3.63) is 28.2 Å². The third kappa shape index (κ3) is 4.25. The summed E-state index contributed by atoms with van der Waals surface area (Å²) in [5, 5.41) is 2.59. The van der Waals surface area contributed by atoms with Crippen molar-refractivity contribution in [1.82, 2.24) is 5.32 Å². The second-order valence-corrected chi connectivity index (χ2v) is 4.13. The molecule has 0 spiro atoms. The van der Waals surface area contributed by atoms with Crippen LogP contribution in [0.1, 0.15) is 10.4 Å². The number of methoxy groups -OCH3 is 1. The average molecular weight is 317 g/mol. The molecule has 0 aromatic heterocycles. The van der Waals surface area contributed by atoms with Gasteiger partial charge in [-0.2, -0.15) is 0 Å². The van der Waals surface area contributed by atoms with Crippen LogP contribution in [-0.4, -0.2) is 32.3 Å². The minimum Gasteiger partial charge on any atom is -0.496 e. The smallest absolute Gasteiger partial charge is 0.404 e. The quantitative estimate of drug-likeness (QED) is 0.801. The number of hydrogen-bond donors (Lipinski definition) is 2. The zero-order valence-electron chi connectivity index (χ0n) is 9.73. The summed E-state index contributed by atoms with van der Waals surface area (Å²) >= 11 is 3.29. The number of nitrogens with two attached hydrogens (primary N) is 1. The van der Waals surface area contributed by atoms with Gasteiger partial charge in [0, 0.05) is 5.56 Å². The van der Waals surface area contributed by atoms with Crippen molar-refractivity contribution in [2.24, 2.45) is 5.73 Å². The summed E-state index contributed by atoms with van der Waals surface area (Å²) in [6, 6.07) is 4.95. The fourth-order valence-corrected chi connectivity index (χ4v) is 1.77. The van der Waals surface area contributed by atoms with Crippen LogP contribution in [0.4, 0.5) is 4.79 Å². The molecule has 3 N–H and O–H groups in total. The molecular weight excluding hydrogens is 304 g/mol. The summed E-state index contributed by atoms with van der Waals surface area (Å²) in [7, 11) is 1.54. The van der Waals surface area contributed by atoms with Crippen molar-refractivity contribution >= 4 is 27.9 Å². The van der Waals surface area contributed by atoms with Gasteiger partial charge >= 0.3 is 6.09 Å². The van der Waals surface area contributed by atoms with E-state index in [0.29, 0.717) is 15.8 Å². The molecule has 7 heteroatoms. The molecule has 98 valence electrons. The number of hydrogen-bond acceptors (Lipinski definition) is 4. The van der Waals surface area contributed by atoms with E-state index in [-0.39, 0.29) is 19.1 Å². The number of carbonyl (C=O) groups excluding carboxylic acids is 2. The van der Waals surface area contributed by atoms with Crippen molar-refractivity contribution in [3.63, 3.8) is 0 Å². The predicted octanol–water partition coefficient (Wildman–Crippen LogP) is 1.28. The number of primary amides is 1. The number of nitrogens with one attached hydrogen (secondary N) is 1. The molecule has 1 rings (SSSR count). The van der Waals surface area contributed by atoms with E-state index >= 15 is 0 Å². The molecule has 18 heavy (non-hydrogen) atoms. The molecule has 0 heterocycles. The van der Waals surface area contributed by atoms with E-state index in [1.807, 2.05) is 0 Å². The summed E-state index contributed by atoms with van der Waals surface area (Å²) in [4.78, 5) is 22.0. The van der Waals surface area contributed by atoms with Gasteiger partial charge in [-0.3, -0.25) is 4.79 Å². The van der Waals surface area contributed by atoms with E-state index in [0.717, 1.165) is 0 Å². The molecule has 2 amide bonds. The molecule has 0 atom stereocenters. The van der Waals surface area contributed by atoms with Gasteiger partial charge in [-0.15, -0.1) is 0 Å². The van der Waals surface area contributed by atoms with Crippen LogP contribution >= 0.6 is 15.9 Å². The third-order valence-corrected chi connectivity index (χ3v) is 2.67. The summed E-state index contributed by atoms with van der Waals surface area (Å²) in [5.41, 5.74) is 5.25. The van der Waals surface area contributed by atoms with Crippen molar-refractivity contribution in [2.75, 3.05) is 20.3 Å². The molecule has 6 nitrogen and oxygen atoms in total. The molecule has 0 unspecified atom stereocenters. The van der Waals surface area contributed by atoms with Crippen molar-refractivity contribution in [1.29, 1.82) is 0 Å². The van der Waals surface area contributed by atoms with Crippen LogP contribution in [0.15, 0.2) is 22.7 Å². The fourth-order valence-electron chi connectivity index (χ4n) is 1.23. The number of ether oxygens (including phenoxy) is 2. The van der Waals surface area contributed by atoms with Gasteiger partial charge in [-0.25, -0.2) is 4.79 Å². The van der Waals surface area contributed by atoms with Gasteiger partial charge < -0.3 is 20.5 Å². The molecule has 0 radical (unpaired) electrons. The number of rotatable bonds is 5. The highest BCUT2D eigenvalue weighted by Crippen LogP contribution is 2.25. The average Bonchev–Trinajstić information content (AvgIpc) is 2.34. The lowest BCUT2D eigenvalue weighted by atomic mass is 10.2. The lowest BCUT2D eigenvalue weighted by Crippen LogP contribution is -2.29. The Labute approximate surface area is 113 Å². The molecule has 0 aliphatic carbocycles. The highest BCUT2D eigenvalue weighted by molar-refractivity contribution is 9.10. The maximum absolute atomic E-state index is 11.7. The Balaban J connectivity index is 2.51. The number of halogens is 1. The van der Waals surface area contributed by atoms with Crippen LogP contribution in [0.3, 0.4) is 0 Å². The minimum absolute atomic E-state index is 0.0401.